The van der Waals surface area contributed by atoms with Crippen molar-refractivity contribution < 1.29 is 26.7 Å². The summed E-state index contributed by atoms with van der Waals surface area (Å²) in [5, 5.41) is 0. The number of hydrogen-bond acceptors (Lipinski definition) is 2. The molecule has 0 saturated heterocycles. The van der Waals surface area contributed by atoms with E-state index in [-0.39, 0.29) is 5.56 Å². The fourth-order valence-corrected chi connectivity index (χ4v) is 2.80. The molecule has 3 aromatic rings. The van der Waals surface area contributed by atoms with Crippen molar-refractivity contribution in [2.45, 2.75) is 0 Å². The third kappa shape index (κ3) is 3.24. The smallest absolute Gasteiger partial charge is 0.200 e. The molecular weight excluding hydrogens is 377 g/mol. The van der Waals surface area contributed by atoms with E-state index < -0.39 is 40.4 Å². The Bertz CT molecular complexity index is 1040. The fraction of sp³-hybridized carbons (Fsp3) is 0.0952. The third-order valence-corrected chi connectivity index (χ3v) is 4.29. The molecule has 28 heavy (non-hydrogen) atoms. The van der Waals surface area contributed by atoms with Crippen molar-refractivity contribution >= 4 is 11.5 Å². The number of ketones is 1. The minimum atomic E-state index is -2.31. The fourth-order valence-electron chi connectivity index (χ4n) is 2.80. The SMILES string of the molecule is CN(C)c1ccc(C(=O)c2c(F)c(F)c(F)c(F)c2F)c(-c2ccccc2)c1. The van der Waals surface area contributed by atoms with E-state index >= 15 is 0 Å². The Morgan fingerprint density at radius 1 is 0.750 bits per heavy atom. The van der Waals surface area contributed by atoms with Crippen molar-refractivity contribution in [2.24, 2.45) is 0 Å². The summed E-state index contributed by atoms with van der Waals surface area (Å²) in [6.45, 7) is 0. The van der Waals surface area contributed by atoms with Crippen LogP contribution in [0.1, 0.15) is 15.9 Å². The lowest BCUT2D eigenvalue weighted by Gasteiger charge is -2.17. The molecule has 0 aromatic heterocycles. The Labute approximate surface area is 157 Å². The van der Waals surface area contributed by atoms with Crippen LogP contribution >= 0.6 is 0 Å². The number of anilines is 1. The zero-order valence-corrected chi connectivity index (χ0v) is 14.9. The molecule has 0 spiro atoms. The van der Waals surface area contributed by atoms with Gasteiger partial charge >= 0.3 is 0 Å². The summed E-state index contributed by atoms with van der Waals surface area (Å²) < 4.78 is 68.7. The van der Waals surface area contributed by atoms with Gasteiger partial charge < -0.3 is 4.90 Å². The Kier molecular flexibility index (Phi) is 5.18. The van der Waals surface area contributed by atoms with Crippen molar-refractivity contribution in [3.63, 3.8) is 0 Å². The molecule has 0 N–H and O–H groups in total. The molecule has 0 bridgehead atoms. The van der Waals surface area contributed by atoms with Crippen molar-refractivity contribution in [3.05, 3.63) is 88.7 Å². The van der Waals surface area contributed by atoms with Crippen LogP contribution in [0.4, 0.5) is 27.6 Å². The standard InChI is InChI=1S/C21H14F5NO/c1-27(2)12-8-9-13(14(10-12)11-6-4-3-5-7-11)21(28)15-16(22)18(24)20(26)19(25)17(15)23/h3-10H,1-2H3. The Hall–Kier alpha value is -3.22. The highest BCUT2D eigenvalue weighted by atomic mass is 19.2. The van der Waals surface area contributed by atoms with Gasteiger partial charge in [-0.15, -0.1) is 0 Å². The second-order valence-corrected chi connectivity index (χ2v) is 6.26. The minimum Gasteiger partial charge on any atom is -0.378 e. The first-order chi connectivity index (χ1) is 13.2. The van der Waals surface area contributed by atoms with Crippen LogP contribution in [0, 0.1) is 29.1 Å². The normalized spacial score (nSPS) is 10.8. The minimum absolute atomic E-state index is 0.181. The summed E-state index contributed by atoms with van der Waals surface area (Å²) in [4.78, 5) is 14.6. The van der Waals surface area contributed by atoms with Crippen molar-refractivity contribution in [1.82, 2.24) is 0 Å². The summed E-state index contributed by atoms with van der Waals surface area (Å²) in [6.07, 6.45) is 0. The Morgan fingerprint density at radius 2 is 1.29 bits per heavy atom. The van der Waals surface area contributed by atoms with E-state index in [0.717, 1.165) is 0 Å². The summed E-state index contributed by atoms with van der Waals surface area (Å²) in [6, 6.07) is 12.9. The van der Waals surface area contributed by atoms with E-state index in [1.807, 2.05) is 0 Å². The molecule has 3 rings (SSSR count). The van der Waals surface area contributed by atoms with E-state index in [4.69, 9.17) is 0 Å². The average Bonchev–Trinajstić information content (AvgIpc) is 2.71. The number of carbonyl (C=O) groups excluding carboxylic acids is 1. The van der Waals surface area contributed by atoms with Crippen LogP contribution in [0.3, 0.4) is 0 Å². The molecule has 0 fully saturated rings. The van der Waals surface area contributed by atoms with E-state index in [2.05, 4.69) is 0 Å². The Morgan fingerprint density at radius 3 is 1.82 bits per heavy atom. The zero-order chi connectivity index (χ0) is 20.6. The highest BCUT2D eigenvalue weighted by Gasteiger charge is 2.31. The second kappa shape index (κ2) is 7.42. The quantitative estimate of drug-likeness (QED) is 0.259. The molecule has 144 valence electrons. The maximum atomic E-state index is 14.1. The molecule has 2 nitrogen and oxygen atoms in total. The van der Waals surface area contributed by atoms with Gasteiger partial charge in [0.25, 0.3) is 0 Å². The van der Waals surface area contributed by atoms with Gasteiger partial charge in [-0.1, -0.05) is 30.3 Å². The second-order valence-electron chi connectivity index (χ2n) is 6.26. The van der Waals surface area contributed by atoms with Crippen LogP contribution in [0.5, 0.6) is 0 Å². The molecule has 7 heteroatoms. The van der Waals surface area contributed by atoms with Gasteiger partial charge in [-0.3, -0.25) is 4.79 Å². The molecule has 0 heterocycles. The number of benzene rings is 3. The van der Waals surface area contributed by atoms with Gasteiger partial charge in [0, 0.05) is 25.3 Å². The first-order valence-corrected chi connectivity index (χ1v) is 8.17. The number of halogens is 5. The summed E-state index contributed by atoms with van der Waals surface area (Å²) >= 11 is 0. The van der Waals surface area contributed by atoms with Gasteiger partial charge in [0.05, 0.1) is 0 Å². The topological polar surface area (TPSA) is 20.3 Å². The lowest BCUT2D eigenvalue weighted by atomic mass is 9.92. The number of rotatable bonds is 4. The van der Waals surface area contributed by atoms with Crippen LogP contribution in [-0.4, -0.2) is 19.9 Å². The molecule has 0 aliphatic rings. The van der Waals surface area contributed by atoms with E-state index in [9.17, 15) is 26.7 Å². The molecule has 0 aliphatic heterocycles. The van der Waals surface area contributed by atoms with Crippen LogP contribution in [0.15, 0.2) is 48.5 Å². The lowest BCUT2D eigenvalue weighted by Crippen LogP contribution is -2.15. The number of hydrogen-bond donors (Lipinski definition) is 0. The predicted molar refractivity (Wildman–Crippen MR) is 95.9 cm³/mol. The van der Waals surface area contributed by atoms with Crippen LogP contribution in [-0.2, 0) is 0 Å². The summed E-state index contributed by atoms with van der Waals surface area (Å²) in [5.74, 6) is -12.2. The molecule has 0 saturated carbocycles. The van der Waals surface area contributed by atoms with Crippen molar-refractivity contribution in [2.75, 3.05) is 19.0 Å². The molecule has 3 aromatic carbocycles. The first kappa shape index (κ1) is 19.5. The molecule has 0 radical (unpaired) electrons. The monoisotopic (exact) mass is 391 g/mol. The zero-order valence-electron chi connectivity index (χ0n) is 14.9. The lowest BCUT2D eigenvalue weighted by molar-refractivity contribution is 0.102. The van der Waals surface area contributed by atoms with Gasteiger partial charge in [0.2, 0.25) is 5.82 Å². The summed E-state index contributed by atoms with van der Waals surface area (Å²) in [5.41, 5.74) is -0.113. The van der Waals surface area contributed by atoms with E-state index in [1.54, 1.807) is 55.4 Å². The highest BCUT2D eigenvalue weighted by molar-refractivity contribution is 6.13. The van der Waals surface area contributed by atoms with E-state index in [1.165, 1.54) is 12.1 Å². The van der Waals surface area contributed by atoms with Gasteiger partial charge in [-0.2, -0.15) is 0 Å². The largest absolute Gasteiger partial charge is 0.378 e. The Balaban J connectivity index is 2.27. The number of nitrogens with zero attached hydrogens (tertiary/aromatic N) is 1. The van der Waals surface area contributed by atoms with Gasteiger partial charge in [-0.25, -0.2) is 22.0 Å². The maximum Gasteiger partial charge on any atom is 0.200 e. The molecule has 0 unspecified atom stereocenters. The van der Waals surface area contributed by atoms with Crippen LogP contribution in [0.2, 0.25) is 0 Å². The molecule has 0 atom stereocenters. The van der Waals surface area contributed by atoms with E-state index in [0.29, 0.717) is 16.8 Å². The van der Waals surface area contributed by atoms with Crippen molar-refractivity contribution in [3.8, 4) is 11.1 Å². The number of carbonyl (C=O) groups is 1. The first-order valence-electron chi connectivity index (χ1n) is 8.17. The molecular formula is C21H14F5NO. The van der Waals surface area contributed by atoms with Gasteiger partial charge in [0.1, 0.15) is 5.56 Å². The van der Waals surface area contributed by atoms with Gasteiger partial charge in [0.15, 0.2) is 29.1 Å². The molecule has 0 aliphatic carbocycles. The average molecular weight is 391 g/mol. The maximum absolute atomic E-state index is 14.1. The van der Waals surface area contributed by atoms with Crippen molar-refractivity contribution in [1.29, 1.82) is 0 Å². The van der Waals surface area contributed by atoms with Crippen LogP contribution < -0.4 is 4.90 Å². The third-order valence-electron chi connectivity index (χ3n) is 4.29. The highest BCUT2D eigenvalue weighted by Crippen LogP contribution is 2.32. The van der Waals surface area contributed by atoms with Gasteiger partial charge in [-0.05, 0) is 29.3 Å². The summed E-state index contributed by atoms with van der Waals surface area (Å²) in [7, 11) is 3.52. The van der Waals surface area contributed by atoms with Crippen LogP contribution in [0.25, 0.3) is 11.1 Å². The molecule has 0 amide bonds. The predicted octanol–water partition coefficient (Wildman–Crippen LogP) is 5.35.